The first-order valence-electron chi connectivity index (χ1n) is 8.22. The van der Waals surface area contributed by atoms with Gasteiger partial charge in [0.25, 0.3) is 0 Å². The van der Waals surface area contributed by atoms with Crippen LogP contribution < -0.4 is 5.73 Å². The average molecular weight is 269 g/mol. The second-order valence-electron chi connectivity index (χ2n) is 6.50. The van der Waals surface area contributed by atoms with Crippen LogP contribution in [0.1, 0.15) is 45.4 Å². The zero-order valence-electron chi connectivity index (χ0n) is 13.4. The third-order valence-electron chi connectivity index (χ3n) is 4.71. The predicted molar refractivity (Wildman–Crippen MR) is 84.4 cm³/mol. The third kappa shape index (κ3) is 7.28. The second-order valence-corrected chi connectivity index (χ2v) is 6.50. The molecule has 1 aliphatic heterocycles. The highest BCUT2D eigenvalue weighted by Crippen LogP contribution is 2.18. The van der Waals surface area contributed by atoms with Crippen molar-refractivity contribution < 1.29 is 0 Å². The summed E-state index contributed by atoms with van der Waals surface area (Å²) in [5, 5.41) is 0. The standard InChI is InChI=1S/C16H35N3/c1-4-15(7-10-17)6-5-11-19(3)14-16-8-12-18(2)13-9-16/h15-16H,4-14,17H2,1-3H3. The zero-order chi connectivity index (χ0) is 14.1. The molecule has 1 fully saturated rings. The van der Waals surface area contributed by atoms with E-state index in [2.05, 4.69) is 30.8 Å². The van der Waals surface area contributed by atoms with Crippen LogP contribution >= 0.6 is 0 Å². The van der Waals surface area contributed by atoms with E-state index in [0.717, 1.165) is 18.4 Å². The molecule has 1 rings (SSSR count). The normalized spacial score (nSPS) is 20.1. The first-order chi connectivity index (χ1) is 9.15. The molecule has 0 aromatic carbocycles. The number of nitrogens with zero attached hydrogens (tertiary/aromatic N) is 2. The Morgan fingerprint density at radius 1 is 1.26 bits per heavy atom. The Bertz CT molecular complexity index is 212. The van der Waals surface area contributed by atoms with E-state index >= 15 is 0 Å². The van der Waals surface area contributed by atoms with Crippen LogP contribution in [0.15, 0.2) is 0 Å². The van der Waals surface area contributed by atoms with E-state index in [4.69, 9.17) is 5.73 Å². The summed E-state index contributed by atoms with van der Waals surface area (Å²) >= 11 is 0. The number of hydrogen-bond acceptors (Lipinski definition) is 3. The molecule has 1 saturated heterocycles. The van der Waals surface area contributed by atoms with Crippen molar-refractivity contribution in [1.82, 2.24) is 9.80 Å². The second kappa shape index (κ2) is 9.73. The van der Waals surface area contributed by atoms with Gasteiger partial charge in [-0.05, 0) is 84.2 Å². The SMILES string of the molecule is CCC(CCN)CCCN(C)CC1CCN(C)CC1. The minimum absolute atomic E-state index is 0.849. The molecule has 0 amide bonds. The van der Waals surface area contributed by atoms with Gasteiger partial charge in [0, 0.05) is 6.54 Å². The van der Waals surface area contributed by atoms with Gasteiger partial charge in [-0.3, -0.25) is 0 Å². The lowest BCUT2D eigenvalue weighted by Gasteiger charge is -2.31. The Morgan fingerprint density at radius 3 is 2.53 bits per heavy atom. The van der Waals surface area contributed by atoms with Crippen LogP contribution in [0.5, 0.6) is 0 Å². The summed E-state index contributed by atoms with van der Waals surface area (Å²) in [7, 11) is 4.53. The molecule has 0 aliphatic carbocycles. The summed E-state index contributed by atoms with van der Waals surface area (Å²) < 4.78 is 0. The quantitative estimate of drug-likeness (QED) is 0.698. The monoisotopic (exact) mass is 269 g/mol. The minimum atomic E-state index is 0.849. The molecule has 0 aromatic rings. The molecule has 1 aliphatic rings. The number of likely N-dealkylation sites (tertiary alicyclic amines) is 1. The fourth-order valence-corrected chi connectivity index (χ4v) is 3.21. The Balaban J connectivity index is 2.08. The van der Waals surface area contributed by atoms with Gasteiger partial charge in [0.05, 0.1) is 0 Å². The van der Waals surface area contributed by atoms with Crippen LogP contribution in [-0.2, 0) is 0 Å². The summed E-state index contributed by atoms with van der Waals surface area (Å²) in [6.45, 7) is 8.27. The lowest BCUT2D eigenvalue weighted by Crippen LogP contribution is -2.36. The van der Waals surface area contributed by atoms with Crippen LogP contribution in [0.2, 0.25) is 0 Å². The molecular weight excluding hydrogens is 234 g/mol. The summed E-state index contributed by atoms with van der Waals surface area (Å²) in [4.78, 5) is 5.00. The van der Waals surface area contributed by atoms with Crippen LogP contribution in [0.3, 0.4) is 0 Å². The van der Waals surface area contributed by atoms with Crippen LogP contribution in [0.4, 0.5) is 0 Å². The predicted octanol–water partition coefficient (Wildman–Crippen LogP) is 2.42. The topological polar surface area (TPSA) is 32.5 Å². The molecule has 0 aromatic heterocycles. The van der Waals surface area contributed by atoms with Crippen LogP contribution in [0.25, 0.3) is 0 Å². The van der Waals surface area contributed by atoms with Gasteiger partial charge in [0.2, 0.25) is 0 Å². The largest absolute Gasteiger partial charge is 0.330 e. The summed E-state index contributed by atoms with van der Waals surface area (Å²) in [6.07, 6.45) is 7.94. The fraction of sp³-hybridized carbons (Fsp3) is 1.00. The lowest BCUT2D eigenvalue weighted by atomic mass is 9.95. The third-order valence-corrected chi connectivity index (χ3v) is 4.71. The van der Waals surface area contributed by atoms with Crippen molar-refractivity contribution in [2.45, 2.75) is 45.4 Å². The molecule has 0 bridgehead atoms. The number of nitrogens with two attached hydrogens (primary N) is 1. The molecule has 2 N–H and O–H groups in total. The minimum Gasteiger partial charge on any atom is -0.330 e. The fourth-order valence-electron chi connectivity index (χ4n) is 3.21. The Hall–Kier alpha value is -0.120. The van der Waals surface area contributed by atoms with Gasteiger partial charge in [-0.1, -0.05) is 13.3 Å². The zero-order valence-corrected chi connectivity index (χ0v) is 13.4. The van der Waals surface area contributed by atoms with Crippen LogP contribution in [0, 0.1) is 11.8 Å². The number of rotatable bonds is 9. The van der Waals surface area contributed by atoms with Crippen molar-refractivity contribution in [2.75, 3.05) is 46.8 Å². The molecule has 0 radical (unpaired) electrons. The van der Waals surface area contributed by atoms with Gasteiger partial charge in [0.15, 0.2) is 0 Å². The van der Waals surface area contributed by atoms with Gasteiger partial charge in [0.1, 0.15) is 0 Å². The maximum atomic E-state index is 5.66. The molecule has 3 nitrogen and oxygen atoms in total. The van der Waals surface area contributed by atoms with Crippen molar-refractivity contribution in [3.05, 3.63) is 0 Å². The highest BCUT2D eigenvalue weighted by molar-refractivity contribution is 4.72. The number of hydrogen-bond donors (Lipinski definition) is 1. The molecule has 114 valence electrons. The van der Waals surface area contributed by atoms with Crippen molar-refractivity contribution in [2.24, 2.45) is 17.6 Å². The summed E-state index contributed by atoms with van der Waals surface area (Å²) in [6, 6.07) is 0. The molecule has 0 saturated carbocycles. The molecule has 1 atom stereocenters. The van der Waals surface area contributed by atoms with E-state index in [1.807, 2.05) is 0 Å². The maximum Gasteiger partial charge on any atom is 0.000756 e. The highest BCUT2D eigenvalue weighted by Gasteiger charge is 2.18. The van der Waals surface area contributed by atoms with E-state index in [-0.39, 0.29) is 0 Å². The van der Waals surface area contributed by atoms with E-state index < -0.39 is 0 Å². The Kier molecular flexibility index (Phi) is 8.67. The van der Waals surface area contributed by atoms with Crippen molar-refractivity contribution >= 4 is 0 Å². The van der Waals surface area contributed by atoms with Crippen molar-refractivity contribution in [1.29, 1.82) is 0 Å². The Morgan fingerprint density at radius 2 is 1.95 bits per heavy atom. The summed E-state index contributed by atoms with van der Waals surface area (Å²) in [5.41, 5.74) is 5.66. The van der Waals surface area contributed by atoms with Gasteiger partial charge in [-0.25, -0.2) is 0 Å². The number of piperidine rings is 1. The maximum absolute atomic E-state index is 5.66. The van der Waals surface area contributed by atoms with E-state index in [0.29, 0.717) is 0 Å². The summed E-state index contributed by atoms with van der Waals surface area (Å²) in [5.74, 6) is 1.77. The molecule has 1 unspecified atom stereocenters. The van der Waals surface area contributed by atoms with Crippen LogP contribution in [-0.4, -0.2) is 56.6 Å². The van der Waals surface area contributed by atoms with E-state index in [9.17, 15) is 0 Å². The lowest BCUT2D eigenvalue weighted by molar-refractivity contribution is 0.174. The molecule has 3 heteroatoms. The van der Waals surface area contributed by atoms with E-state index in [1.165, 1.54) is 64.7 Å². The first kappa shape index (κ1) is 16.9. The first-order valence-corrected chi connectivity index (χ1v) is 8.22. The molecule has 1 heterocycles. The van der Waals surface area contributed by atoms with Gasteiger partial charge < -0.3 is 15.5 Å². The molecular formula is C16H35N3. The van der Waals surface area contributed by atoms with Crippen molar-refractivity contribution in [3.8, 4) is 0 Å². The van der Waals surface area contributed by atoms with E-state index in [1.54, 1.807) is 0 Å². The van der Waals surface area contributed by atoms with Gasteiger partial charge in [-0.15, -0.1) is 0 Å². The Labute approximate surface area is 120 Å². The average Bonchev–Trinajstić information content (AvgIpc) is 2.40. The van der Waals surface area contributed by atoms with Crippen molar-refractivity contribution in [3.63, 3.8) is 0 Å². The highest BCUT2D eigenvalue weighted by atomic mass is 15.1. The van der Waals surface area contributed by atoms with Gasteiger partial charge in [-0.2, -0.15) is 0 Å². The smallest absolute Gasteiger partial charge is 0.000756 e. The molecule has 0 spiro atoms. The van der Waals surface area contributed by atoms with Gasteiger partial charge >= 0.3 is 0 Å². The molecule has 19 heavy (non-hydrogen) atoms.